The highest BCUT2D eigenvalue weighted by Gasteiger charge is 2.36. The van der Waals surface area contributed by atoms with Gasteiger partial charge in [0, 0.05) is 27.4 Å². The van der Waals surface area contributed by atoms with Crippen LogP contribution in [-0.4, -0.2) is 22.7 Å². The van der Waals surface area contributed by atoms with Crippen molar-refractivity contribution in [1.29, 1.82) is 0 Å². The molecule has 1 N–H and O–H groups in total. The second kappa shape index (κ2) is 7.91. The Balaban J connectivity index is 1.99. The summed E-state index contributed by atoms with van der Waals surface area (Å²) in [6, 6.07) is 2.11. The molecule has 4 rings (SSSR count). The topological polar surface area (TPSA) is 68.7 Å². The minimum Gasteiger partial charge on any atom is -0.498 e. The Kier molecular flexibility index (Phi) is 5.45. The van der Waals surface area contributed by atoms with E-state index in [0.29, 0.717) is 22.9 Å². The van der Waals surface area contributed by atoms with Crippen LogP contribution >= 0.6 is 11.3 Å². The number of rotatable bonds is 5. The van der Waals surface area contributed by atoms with Gasteiger partial charge in [0.2, 0.25) is 6.10 Å². The van der Waals surface area contributed by atoms with E-state index in [2.05, 4.69) is 38.6 Å². The lowest BCUT2D eigenvalue weighted by atomic mass is 9.74. The molecular weight excluding hydrogens is 398 g/mol. The Morgan fingerprint density at radius 2 is 2.17 bits per heavy atom. The van der Waals surface area contributed by atoms with Crippen LogP contribution in [0.3, 0.4) is 0 Å². The molecule has 5 nitrogen and oxygen atoms in total. The number of hydrogen-bond acceptors (Lipinski definition) is 5. The van der Waals surface area contributed by atoms with E-state index in [9.17, 15) is 9.90 Å². The maximum atomic E-state index is 12.2. The van der Waals surface area contributed by atoms with Gasteiger partial charge in [-0.25, -0.2) is 9.78 Å². The van der Waals surface area contributed by atoms with Gasteiger partial charge < -0.3 is 14.6 Å². The number of carbonyl (C=O) groups is 1. The summed E-state index contributed by atoms with van der Waals surface area (Å²) in [5, 5.41) is 11.0. The molecule has 1 saturated heterocycles. The molecule has 6 heteroatoms. The second-order valence-electron chi connectivity index (χ2n) is 8.18. The molecule has 0 aromatic carbocycles. The van der Waals surface area contributed by atoms with Crippen LogP contribution in [0.4, 0.5) is 0 Å². The van der Waals surface area contributed by atoms with E-state index in [4.69, 9.17) is 14.5 Å². The molecule has 2 aromatic heterocycles. The highest BCUT2D eigenvalue weighted by molar-refractivity contribution is 7.18. The first-order chi connectivity index (χ1) is 14.3. The number of pyridine rings is 1. The Hall–Kier alpha value is -2.60. The maximum Gasteiger partial charge on any atom is 0.349 e. The molecule has 2 aromatic rings. The first kappa shape index (κ1) is 20.7. The Morgan fingerprint density at radius 1 is 1.40 bits per heavy atom. The lowest BCUT2D eigenvalue weighted by Gasteiger charge is -2.35. The van der Waals surface area contributed by atoms with Crippen molar-refractivity contribution in [3.63, 3.8) is 0 Å². The van der Waals surface area contributed by atoms with Crippen molar-refractivity contribution < 1.29 is 19.4 Å². The number of aromatic nitrogens is 1. The number of nitrogens with zero attached hydrogens (tertiary/aromatic N) is 1. The molecule has 3 atom stereocenters. The predicted molar refractivity (Wildman–Crippen MR) is 119 cm³/mol. The largest absolute Gasteiger partial charge is 0.498 e. The van der Waals surface area contributed by atoms with Gasteiger partial charge in [-0.1, -0.05) is 19.6 Å². The zero-order chi connectivity index (χ0) is 21.6. The number of fused-ring (bicyclic) bond motifs is 2. The molecule has 30 heavy (non-hydrogen) atoms. The van der Waals surface area contributed by atoms with E-state index in [-0.39, 0.29) is 5.92 Å². The number of carboxylic acid groups (broad SMARTS) is 1. The zero-order valence-corrected chi connectivity index (χ0v) is 18.6. The fourth-order valence-electron chi connectivity index (χ4n) is 4.63. The number of aliphatic carboxylic acids is 1. The molecule has 158 valence electrons. The van der Waals surface area contributed by atoms with E-state index >= 15 is 0 Å². The van der Waals surface area contributed by atoms with Crippen LogP contribution in [0.15, 0.2) is 36.3 Å². The van der Waals surface area contributed by atoms with Crippen molar-refractivity contribution in [2.75, 3.05) is 6.61 Å². The van der Waals surface area contributed by atoms with Crippen LogP contribution < -0.4 is 0 Å². The van der Waals surface area contributed by atoms with Crippen LogP contribution in [0, 0.1) is 25.7 Å². The van der Waals surface area contributed by atoms with E-state index in [1.807, 2.05) is 6.92 Å². The van der Waals surface area contributed by atoms with Gasteiger partial charge in [-0.3, -0.25) is 0 Å². The quantitative estimate of drug-likeness (QED) is 0.601. The second-order valence-corrected chi connectivity index (χ2v) is 9.41. The summed E-state index contributed by atoms with van der Waals surface area (Å²) in [4.78, 5) is 19.0. The highest BCUT2D eigenvalue weighted by Crippen LogP contribution is 2.47. The third kappa shape index (κ3) is 3.54. The Morgan fingerprint density at radius 3 is 2.87 bits per heavy atom. The first-order valence-corrected chi connectivity index (χ1v) is 11.1. The van der Waals surface area contributed by atoms with Gasteiger partial charge in [-0.2, -0.15) is 0 Å². The van der Waals surface area contributed by atoms with Crippen LogP contribution in [-0.2, 0) is 14.3 Å². The van der Waals surface area contributed by atoms with Crippen LogP contribution in [0.2, 0.25) is 0 Å². The number of ether oxygens (including phenoxy) is 2. The van der Waals surface area contributed by atoms with Gasteiger partial charge in [0.25, 0.3) is 0 Å². The number of thiophene rings is 1. The van der Waals surface area contributed by atoms with Gasteiger partial charge in [0.1, 0.15) is 4.83 Å². The third-order valence-electron chi connectivity index (χ3n) is 5.94. The van der Waals surface area contributed by atoms with Crippen molar-refractivity contribution in [1.82, 2.24) is 4.98 Å². The smallest absolute Gasteiger partial charge is 0.349 e. The monoisotopic (exact) mass is 425 g/mol. The van der Waals surface area contributed by atoms with Gasteiger partial charge in [0.15, 0.2) is 0 Å². The summed E-state index contributed by atoms with van der Waals surface area (Å²) < 4.78 is 11.6. The van der Waals surface area contributed by atoms with Crippen molar-refractivity contribution in [2.45, 2.75) is 46.6 Å². The molecule has 1 aliphatic heterocycles. The molecule has 3 heterocycles. The SMILES string of the molecule is C=C(C)O[C@H](C(=O)O)c1c(C)nc2sc(C)cc2c1C1=CC=C2OCCC[C@H]2[C@H]1C. The molecule has 1 aliphatic carbocycles. The summed E-state index contributed by atoms with van der Waals surface area (Å²) in [5.41, 5.74) is 3.34. The van der Waals surface area contributed by atoms with E-state index in [1.54, 1.807) is 18.3 Å². The number of aryl methyl sites for hydroxylation is 2. The first-order valence-electron chi connectivity index (χ1n) is 10.3. The van der Waals surface area contributed by atoms with Crippen LogP contribution in [0.25, 0.3) is 15.8 Å². The average molecular weight is 426 g/mol. The number of allylic oxidation sites excluding steroid dienone is 5. The van der Waals surface area contributed by atoms with Crippen molar-refractivity contribution >= 4 is 33.1 Å². The van der Waals surface area contributed by atoms with E-state index < -0.39 is 12.1 Å². The third-order valence-corrected chi connectivity index (χ3v) is 6.89. The fraction of sp³-hybridized carbons (Fsp3) is 0.417. The lowest BCUT2D eigenvalue weighted by molar-refractivity contribution is -0.148. The summed E-state index contributed by atoms with van der Waals surface area (Å²) in [6.45, 7) is 12.3. The molecule has 0 amide bonds. The molecule has 0 unspecified atom stereocenters. The molecule has 0 bridgehead atoms. The van der Waals surface area contributed by atoms with Crippen LogP contribution in [0.5, 0.6) is 0 Å². The van der Waals surface area contributed by atoms with Crippen molar-refractivity contribution in [3.05, 3.63) is 58.0 Å². The van der Waals surface area contributed by atoms with Crippen molar-refractivity contribution in [3.8, 4) is 0 Å². The number of carboxylic acids is 1. The molecule has 2 aliphatic rings. The van der Waals surface area contributed by atoms with E-state index in [0.717, 1.165) is 51.4 Å². The average Bonchev–Trinajstić information content (AvgIpc) is 3.05. The molecule has 0 saturated carbocycles. The summed E-state index contributed by atoms with van der Waals surface area (Å²) >= 11 is 1.63. The minimum absolute atomic E-state index is 0.202. The van der Waals surface area contributed by atoms with Gasteiger partial charge in [-0.15, -0.1) is 11.3 Å². The normalized spacial score (nSPS) is 21.9. The van der Waals surface area contributed by atoms with Crippen LogP contribution in [0.1, 0.15) is 54.5 Å². The zero-order valence-electron chi connectivity index (χ0n) is 17.8. The maximum absolute atomic E-state index is 12.2. The Bertz CT molecular complexity index is 1090. The fourth-order valence-corrected chi connectivity index (χ4v) is 5.57. The molecule has 0 radical (unpaired) electrons. The standard InChI is InChI=1S/C24H27NO4S/c1-12(2)29-22(24(26)27)20-15(5)25-23-18(11-13(3)30-23)21(20)17-8-9-19-16(14(17)4)7-6-10-28-19/h8-9,11,14,16,22H,1,6-7,10H2,2-5H3,(H,26,27)/t14-,16+,22+/m1/s1. The summed E-state index contributed by atoms with van der Waals surface area (Å²) in [6.07, 6.45) is 5.09. The number of hydrogen-bond donors (Lipinski definition) is 1. The van der Waals surface area contributed by atoms with E-state index in [1.165, 1.54) is 0 Å². The van der Waals surface area contributed by atoms with Gasteiger partial charge in [-0.05, 0) is 62.8 Å². The summed E-state index contributed by atoms with van der Waals surface area (Å²) in [5.74, 6) is 0.865. The van der Waals surface area contributed by atoms with Crippen molar-refractivity contribution in [2.24, 2.45) is 11.8 Å². The molecule has 0 spiro atoms. The van der Waals surface area contributed by atoms with Gasteiger partial charge in [0.05, 0.1) is 18.1 Å². The Labute approximate surface area is 180 Å². The van der Waals surface area contributed by atoms with Gasteiger partial charge >= 0.3 is 5.97 Å². The predicted octanol–water partition coefficient (Wildman–Crippen LogP) is 5.93. The minimum atomic E-state index is -1.16. The molecule has 1 fully saturated rings. The summed E-state index contributed by atoms with van der Waals surface area (Å²) in [7, 11) is 0. The molecular formula is C24H27NO4S. The lowest BCUT2D eigenvalue weighted by Crippen LogP contribution is -2.26. The highest BCUT2D eigenvalue weighted by atomic mass is 32.1.